The van der Waals surface area contributed by atoms with Gasteiger partial charge in [-0.05, 0) is 25.8 Å². The van der Waals surface area contributed by atoms with Gasteiger partial charge in [0.15, 0.2) is 5.96 Å². The molecule has 0 spiro atoms. The van der Waals surface area contributed by atoms with Crippen LogP contribution >= 0.6 is 35.3 Å². The number of nitrogens with one attached hydrogen (secondary N) is 2. The van der Waals surface area contributed by atoms with Crippen LogP contribution in [0.3, 0.4) is 0 Å². The average Bonchev–Trinajstić information content (AvgIpc) is 3.26. The van der Waals surface area contributed by atoms with Gasteiger partial charge in [-0.1, -0.05) is 6.92 Å². The number of rotatable bonds is 10. The molecule has 10 heteroatoms. The van der Waals surface area contributed by atoms with Crippen molar-refractivity contribution in [2.75, 3.05) is 57.3 Å². The minimum Gasteiger partial charge on any atom is -0.357 e. The molecular weight excluding hydrogens is 523 g/mol. The van der Waals surface area contributed by atoms with Gasteiger partial charge in [-0.2, -0.15) is 0 Å². The largest absolute Gasteiger partial charge is 0.357 e. The lowest BCUT2D eigenvalue weighted by molar-refractivity contribution is 0.255. The van der Waals surface area contributed by atoms with E-state index in [0.717, 1.165) is 83.5 Å². The molecule has 0 radical (unpaired) electrons. The second kappa shape index (κ2) is 14.5. The van der Waals surface area contributed by atoms with Gasteiger partial charge in [0.25, 0.3) is 0 Å². The molecule has 0 unspecified atom stereocenters. The number of thiazole rings is 1. The minimum absolute atomic E-state index is 0. The highest BCUT2D eigenvalue weighted by Gasteiger charge is 2.18. The molecule has 8 nitrogen and oxygen atoms in total. The topological polar surface area (TPSA) is 81.6 Å². The number of anilines is 1. The van der Waals surface area contributed by atoms with Gasteiger partial charge in [0.05, 0.1) is 5.01 Å². The van der Waals surface area contributed by atoms with E-state index in [4.69, 9.17) is 4.99 Å². The van der Waals surface area contributed by atoms with Crippen LogP contribution in [0.5, 0.6) is 0 Å². The van der Waals surface area contributed by atoms with Crippen LogP contribution in [0.25, 0.3) is 0 Å². The highest BCUT2D eigenvalue weighted by Crippen LogP contribution is 2.13. The maximum absolute atomic E-state index is 4.73. The number of nitrogens with zero attached hydrogens (tertiary/aromatic N) is 6. The molecular formula is C21H35IN8S. The zero-order valence-corrected chi connectivity index (χ0v) is 21.7. The molecule has 1 fully saturated rings. The second-order valence-corrected chi connectivity index (χ2v) is 8.44. The molecule has 0 bridgehead atoms. The molecule has 0 aliphatic carbocycles. The fourth-order valence-electron chi connectivity index (χ4n) is 3.37. The fourth-order valence-corrected chi connectivity index (χ4v) is 4.23. The summed E-state index contributed by atoms with van der Waals surface area (Å²) in [7, 11) is 0. The Kier molecular flexibility index (Phi) is 12.0. The zero-order chi connectivity index (χ0) is 21.0. The lowest BCUT2D eigenvalue weighted by atomic mass is 10.3. The first-order valence-corrected chi connectivity index (χ1v) is 11.8. The highest BCUT2D eigenvalue weighted by atomic mass is 127. The molecule has 1 saturated heterocycles. The van der Waals surface area contributed by atoms with Gasteiger partial charge in [-0.3, -0.25) is 9.89 Å². The lowest BCUT2D eigenvalue weighted by Crippen LogP contribution is -2.47. The van der Waals surface area contributed by atoms with E-state index in [9.17, 15) is 0 Å². The van der Waals surface area contributed by atoms with Gasteiger partial charge in [-0.15, -0.1) is 35.3 Å². The molecule has 1 aliphatic rings. The molecule has 2 aromatic heterocycles. The van der Waals surface area contributed by atoms with Crippen molar-refractivity contribution in [3.8, 4) is 0 Å². The number of aromatic nitrogens is 3. The fraction of sp³-hybridized carbons (Fsp3) is 0.619. The van der Waals surface area contributed by atoms with Crippen molar-refractivity contribution in [3.63, 3.8) is 0 Å². The van der Waals surface area contributed by atoms with Crippen LogP contribution in [0.1, 0.15) is 30.2 Å². The summed E-state index contributed by atoms with van der Waals surface area (Å²) in [6, 6.07) is 1.86. The average molecular weight is 559 g/mol. The van der Waals surface area contributed by atoms with Crippen LogP contribution in [0.4, 0.5) is 5.95 Å². The normalized spacial score (nSPS) is 14.9. The monoisotopic (exact) mass is 558 g/mol. The molecule has 2 aromatic rings. The summed E-state index contributed by atoms with van der Waals surface area (Å²) in [5.74, 6) is 1.74. The maximum atomic E-state index is 4.73. The zero-order valence-electron chi connectivity index (χ0n) is 18.6. The van der Waals surface area contributed by atoms with E-state index in [1.165, 1.54) is 9.88 Å². The first-order valence-electron chi connectivity index (χ1n) is 11.0. The number of aliphatic imine (C=N–C) groups is 1. The molecule has 172 valence electrons. The van der Waals surface area contributed by atoms with Crippen LogP contribution in [-0.4, -0.2) is 78.2 Å². The Labute approximate surface area is 207 Å². The van der Waals surface area contributed by atoms with Crippen molar-refractivity contribution in [1.82, 2.24) is 30.5 Å². The molecule has 0 atom stereocenters. The number of aryl methyl sites for hydroxylation is 1. The van der Waals surface area contributed by atoms with Crippen LogP contribution in [-0.2, 0) is 12.8 Å². The molecule has 0 amide bonds. The summed E-state index contributed by atoms with van der Waals surface area (Å²) in [4.78, 5) is 24.0. The summed E-state index contributed by atoms with van der Waals surface area (Å²) < 4.78 is 0. The van der Waals surface area contributed by atoms with E-state index in [2.05, 4.69) is 49.2 Å². The second-order valence-electron chi connectivity index (χ2n) is 7.24. The predicted molar refractivity (Wildman–Crippen MR) is 140 cm³/mol. The van der Waals surface area contributed by atoms with E-state index in [0.29, 0.717) is 0 Å². The molecule has 0 aromatic carbocycles. The summed E-state index contributed by atoms with van der Waals surface area (Å²) in [5.41, 5.74) is 0. The molecule has 3 heterocycles. The van der Waals surface area contributed by atoms with Gasteiger partial charge in [0.1, 0.15) is 0 Å². The third kappa shape index (κ3) is 8.85. The van der Waals surface area contributed by atoms with Crippen molar-refractivity contribution < 1.29 is 0 Å². The summed E-state index contributed by atoms with van der Waals surface area (Å²) in [6.45, 7) is 12.0. The van der Waals surface area contributed by atoms with E-state index in [1.54, 1.807) is 11.3 Å². The molecule has 0 saturated carbocycles. The van der Waals surface area contributed by atoms with Crippen molar-refractivity contribution in [1.29, 1.82) is 0 Å². The van der Waals surface area contributed by atoms with Crippen molar-refractivity contribution in [2.24, 2.45) is 4.99 Å². The number of piperazine rings is 1. The van der Waals surface area contributed by atoms with Crippen molar-refractivity contribution in [3.05, 3.63) is 34.5 Å². The molecule has 2 N–H and O–H groups in total. The van der Waals surface area contributed by atoms with Crippen LogP contribution in [0.15, 0.2) is 29.6 Å². The standard InChI is InChI=1S/C21H34N8S.HI/c1-3-18-17-27-19(30-18)7-11-24-20(22-4-2)23-10-6-12-28-13-15-29(16-14-28)21-25-8-5-9-26-21;/h5,8-9,17H,3-4,6-7,10-16H2,1-2H3,(H2,22,23,24);1H. The van der Waals surface area contributed by atoms with Gasteiger partial charge in [0, 0.05) is 82.2 Å². The van der Waals surface area contributed by atoms with Crippen molar-refractivity contribution >= 4 is 47.2 Å². The first-order chi connectivity index (χ1) is 14.8. The quantitative estimate of drug-likeness (QED) is 0.201. The Morgan fingerprint density at radius 2 is 1.87 bits per heavy atom. The number of hydrogen-bond donors (Lipinski definition) is 2. The van der Waals surface area contributed by atoms with Crippen molar-refractivity contribution in [2.45, 2.75) is 33.1 Å². The molecule has 1 aliphatic heterocycles. The first kappa shape index (κ1) is 25.7. The summed E-state index contributed by atoms with van der Waals surface area (Å²) in [6.07, 6.45) is 8.66. The third-order valence-electron chi connectivity index (χ3n) is 5.04. The minimum atomic E-state index is 0. The molecule has 31 heavy (non-hydrogen) atoms. The Morgan fingerprint density at radius 1 is 1.10 bits per heavy atom. The summed E-state index contributed by atoms with van der Waals surface area (Å²) in [5, 5.41) is 7.96. The Morgan fingerprint density at radius 3 is 2.55 bits per heavy atom. The lowest BCUT2D eigenvalue weighted by Gasteiger charge is -2.34. The molecule has 3 rings (SSSR count). The smallest absolute Gasteiger partial charge is 0.225 e. The van der Waals surface area contributed by atoms with Crippen LogP contribution in [0, 0.1) is 0 Å². The Bertz CT molecular complexity index is 762. The van der Waals surface area contributed by atoms with E-state index in [1.807, 2.05) is 24.7 Å². The van der Waals surface area contributed by atoms with E-state index >= 15 is 0 Å². The van der Waals surface area contributed by atoms with Gasteiger partial charge in [0.2, 0.25) is 5.95 Å². The number of guanidine groups is 1. The van der Waals surface area contributed by atoms with Gasteiger partial charge >= 0.3 is 0 Å². The number of hydrogen-bond acceptors (Lipinski definition) is 7. The number of halogens is 1. The van der Waals surface area contributed by atoms with Crippen LogP contribution < -0.4 is 15.5 Å². The predicted octanol–water partition coefficient (Wildman–Crippen LogP) is 2.42. The van der Waals surface area contributed by atoms with E-state index < -0.39 is 0 Å². The van der Waals surface area contributed by atoms with Crippen LogP contribution in [0.2, 0.25) is 0 Å². The highest BCUT2D eigenvalue weighted by molar-refractivity contribution is 14.0. The Hall–Kier alpha value is -1.53. The SMILES string of the molecule is CCNC(=NCCCN1CCN(c2ncccn2)CC1)NCCc1ncc(CC)s1.I. The third-order valence-corrected chi connectivity index (χ3v) is 6.24. The van der Waals surface area contributed by atoms with Gasteiger partial charge < -0.3 is 15.5 Å². The summed E-state index contributed by atoms with van der Waals surface area (Å²) >= 11 is 1.81. The van der Waals surface area contributed by atoms with E-state index in [-0.39, 0.29) is 24.0 Å². The Balaban J connectivity index is 0.00000341. The van der Waals surface area contributed by atoms with Gasteiger partial charge in [-0.25, -0.2) is 15.0 Å². The maximum Gasteiger partial charge on any atom is 0.225 e.